The van der Waals surface area contributed by atoms with E-state index in [1.165, 1.54) is 0 Å². The maximum absolute atomic E-state index is 12.4. The Bertz CT molecular complexity index is 365. The van der Waals surface area contributed by atoms with Crippen LogP contribution in [-0.4, -0.2) is 78.1 Å². The fourth-order valence-electron chi connectivity index (χ4n) is 3.13. The standard InChI is InChI=1S/C14H25N3O3/c1-15(2)12-5-8-16(9-6-12)14(20)17-7-3-4-11(10-17)13(18)19/h11-12H,3-10H2,1-2H3,(H,18,19)/t11-/m0/s1. The number of likely N-dealkylation sites (tertiary alicyclic amines) is 2. The van der Waals surface area contributed by atoms with E-state index < -0.39 is 11.9 Å². The summed E-state index contributed by atoms with van der Waals surface area (Å²) in [5, 5.41) is 9.09. The summed E-state index contributed by atoms with van der Waals surface area (Å²) in [6.45, 7) is 2.60. The van der Waals surface area contributed by atoms with E-state index in [9.17, 15) is 9.59 Å². The Labute approximate surface area is 120 Å². The zero-order valence-electron chi connectivity index (χ0n) is 12.4. The number of piperidine rings is 2. The summed E-state index contributed by atoms with van der Waals surface area (Å²) < 4.78 is 0. The highest BCUT2D eigenvalue weighted by Gasteiger charge is 2.32. The number of rotatable bonds is 2. The average Bonchev–Trinajstić information content (AvgIpc) is 2.46. The molecule has 2 saturated heterocycles. The summed E-state index contributed by atoms with van der Waals surface area (Å²) in [4.78, 5) is 29.3. The summed E-state index contributed by atoms with van der Waals surface area (Å²) in [6, 6.07) is 0.570. The lowest BCUT2D eigenvalue weighted by Crippen LogP contribution is -2.52. The monoisotopic (exact) mass is 283 g/mol. The van der Waals surface area contributed by atoms with Gasteiger partial charge in [-0.25, -0.2) is 4.79 Å². The first-order valence-electron chi connectivity index (χ1n) is 7.42. The molecule has 0 aromatic carbocycles. The van der Waals surface area contributed by atoms with Crippen LogP contribution in [0.1, 0.15) is 25.7 Å². The molecule has 1 N–H and O–H groups in total. The maximum atomic E-state index is 12.4. The molecule has 2 aliphatic rings. The summed E-state index contributed by atoms with van der Waals surface area (Å²) in [6.07, 6.45) is 3.46. The summed E-state index contributed by atoms with van der Waals surface area (Å²) in [7, 11) is 4.15. The normalized spacial score (nSPS) is 25.1. The van der Waals surface area contributed by atoms with Crippen LogP contribution < -0.4 is 0 Å². The molecule has 0 saturated carbocycles. The predicted octanol–water partition coefficient (Wildman–Crippen LogP) is 0.929. The Kier molecular flexibility index (Phi) is 4.86. The number of amides is 2. The lowest BCUT2D eigenvalue weighted by atomic mass is 9.98. The molecule has 0 unspecified atom stereocenters. The molecule has 0 aromatic heterocycles. The van der Waals surface area contributed by atoms with Crippen LogP contribution in [0.5, 0.6) is 0 Å². The predicted molar refractivity (Wildman–Crippen MR) is 75.6 cm³/mol. The van der Waals surface area contributed by atoms with Crippen molar-refractivity contribution < 1.29 is 14.7 Å². The fraction of sp³-hybridized carbons (Fsp3) is 0.857. The minimum Gasteiger partial charge on any atom is -0.481 e. The molecule has 2 rings (SSSR count). The lowest BCUT2D eigenvalue weighted by molar-refractivity contribution is -0.143. The van der Waals surface area contributed by atoms with Crippen molar-refractivity contribution in [1.82, 2.24) is 14.7 Å². The lowest BCUT2D eigenvalue weighted by Gasteiger charge is -2.39. The molecule has 0 aliphatic carbocycles. The van der Waals surface area contributed by atoms with Gasteiger partial charge in [-0.1, -0.05) is 0 Å². The molecule has 0 spiro atoms. The molecule has 2 aliphatic heterocycles. The van der Waals surface area contributed by atoms with Crippen molar-refractivity contribution in [3.8, 4) is 0 Å². The molecule has 0 aromatic rings. The largest absolute Gasteiger partial charge is 0.481 e. The number of carbonyl (C=O) groups excluding carboxylic acids is 1. The molecule has 6 nitrogen and oxygen atoms in total. The number of hydrogen-bond acceptors (Lipinski definition) is 3. The van der Waals surface area contributed by atoms with Gasteiger partial charge in [0.25, 0.3) is 0 Å². The van der Waals surface area contributed by atoms with Crippen molar-refractivity contribution >= 4 is 12.0 Å². The highest BCUT2D eigenvalue weighted by Crippen LogP contribution is 2.20. The van der Waals surface area contributed by atoms with Gasteiger partial charge >= 0.3 is 12.0 Å². The van der Waals surface area contributed by atoms with E-state index in [1.54, 1.807) is 4.90 Å². The van der Waals surface area contributed by atoms with Crippen molar-refractivity contribution in [1.29, 1.82) is 0 Å². The third kappa shape index (κ3) is 3.42. The van der Waals surface area contributed by atoms with Crippen LogP contribution in [-0.2, 0) is 4.79 Å². The Morgan fingerprint density at radius 3 is 2.25 bits per heavy atom. The smallest absolute Gasteiger partial charge is 0.320 e. The van der Waals surface area contributed by atoms with Crippen molar-refractivity contribution in [3.63, 3.8) is 0 Å². The molecule has 0 radical (unpaired) electrons. The van der Waals surface area contributed by atoms with Crippen LogP contribution in [0, 0.1) is 5.92 Å². The summed E-state index contributed by atoms with van der Waals surface area (Å²) in [5.74, 6) is -1.18. The first-order valence-corrected chi connectivity index (χ1v) is 7.42. The Morgan fingerprint density at radius 1 is 1.05 bits per heavy atom. The number of urea groups is 1. The first kappa shape index (κ1) is 15.1. The van der Waals surface area contributed by atoms with Crippen LogP contribution in [0.15, 0.2) is 0 Å². The highest BCUT2D eigenvalue weighted by molar-refractivity contribution is 5.76. The second kappa shape index (κ2) is 6.43. The van der Waals surface area contributed by atoms with Gasteiger partial charge in [-0.15, -0.1) is 0 Å². The Balaban J connectivity index is 1.87. The van der Waals surface area contributed by atoms with Crippen LogP contribution in [0.25, 0.3) is 0 Å². The third-order valence-corrected chi connectivity index (χ3v) is 4.51. The summed E-state index contributed by atoms with van der Waals surface area (Å²) >= 11 is 0. The van der Waals surface area contributed by atoms with Crippen molar-refractivity contribution in [2.24, 2.45) is 5.92 Å². The van der Waals surface area contributed by atoms with E-state index in [2.05, 4.69) is 19.0 Å². The molecule has 2 heterocycles. The molecule has 6 heteroatoms. The van der Waals surface area contributed by atoms with Gasteiger partial charge in [-0.05, 0) is 39.8 Å². The van der Waals surface area contributed by atoms with Gasteiger partial charge in [0.15, 0.2) is 0 Å². The number of carbonyl (C=O) groups is 2. The Morgan fingerprint density at radius 2 is 1.70 bits per heavy atom. The topological polar surface area (TPSA) is 64.1 Å². The SMILES string of the molecule is CN(C)C1CCN(C(=O)N2CCC[C@H](C(=O)O)C2)CC1. The van der Waals surface area contributed by atoms with Gasteiger partial charge in [0, 0.05) is 32.2 Å². The van der Waals surface area contributed by atoms with Crippen LogP contribution in [0.2, 0.25) is 0 Å². The molecule has 20 heavy (non-hydrogen) atoms. The minimum absolute atomic E-state index is 0.0214. The van der Waals surface area contributed by atoms with Gasteiger partial charge in [0.1, 0.15) is 0 Å². The minimum atomic E-state index is -0.784. The van der Waals surface area contributed by atoms with E-state index in [1.807, 2.05) is 4.90 Å². The number of aliphatic carboxylic acids is 1. The molecule has 0 bridgehead atoms. The van der Waals surface area contributed by atoms with Crippen LogP contribution in [0.4, 0.5) is 4.79 Å². The quantitative estimate of drug-likeness (QED) is 0.819. The molecule has 114 valence electrons. The van der Waals surface area contributed by atoms with E-state index in [4.69, 9.17) is 5.11 Å². The second-order valence-corrected chi connectivity index (χ2v) is 6.09. The van der Waals surface area contributed by atoms with E-state index in [0.29, 0.717) is 25.6 Å². The second-order valence-electron chi connectivity index (χ2n) is 6.09. The van der Waals surface area contributed by atoms with E-state index in [0.717, 1.165) is 32.4 Å². The average molecular weight is 283 g/mol. The first-order chi connectivity index (χ1) is 9.49. The Hall–Kier alpha value is -1.30. The number of hydrogen-bond donors (Lipinski definition) is 1. The van der Waals surface area contributed by atoms with Gasteiger partial charge < -0.3 is 19.8 Å². The van der Waals surface area contributed by atoms with Gasteiger partial charge in [-0.2, -0.15) is 0 Å². The number of nitrogens with zero attached hydrogens (tertiary/aromatic N) is 3. The van der Waals surface area contributed by atoms with Crippen molar-refractivity contribution in [2.75, 3.05) is 40.3 Å². The molecule has 2 amide bonds. The van der Waals surface area contributed by atoms with E-state index in [-0.39, 0.29) is 6.03 Å². The third-order valence-electron chi connectivity index (χ3n) is 4.51. The fourth-order valence-corrected chi connectivity index (χ4v) is 3.13. The van der Waals surface area contributed by atoms with Crippen molar-refractivity contribution in [2.45, 2.75) is 31.7 Å². The number of carboxylic acid groups (broad SMARTS) is 1. The molecular formula is C14H25N3O3. The maximum Gasteiger partial charge on any atom is 0.320 e. The summed E-state index contributed by atoms with van der Waals surface area (Å²) in [5.41, 5.74) is 0. The molecule has 2 fully saturated rings. The van der Waals surface area contributed by atoms with Crippen LogP contribution in [0.3, 0.4) is 0 Å². The molecule has 1 atom stereocenters. The molecular weight excluding hydrogens is 258 g/mol. The van der Waals surface area contributed by atoms with Gasteiger partial charge in [0.2, 0.25) is 0 Å². The van der Waals surface area contributed by atoms with Gasteiger partial charge in [-0.3, -0.25) is 4.79 Å². The highest BCUT2D eigenvalue weighted by atomic mass is 16.4. The van der Waals surface area contributed by atoms with E-state index >= 15 is 0 Å². The zero-order valence-corrected chi connectivity index (χ0v) is 12.4. The zero-order chi connectivity index (χ0) is 14.7. The van der Waals surface area contributed by atoms with Crippen LogP contribution >= 0.6 is 0 Å². The number of carboxylic acids is 1. The van der Waals surface area contributed by atoms with Gasteiger partial charge in [0.05, 0.1) is 5.92 Å². The van der Waals surface area contributed by atoms with Crippen molar-refractivity contribution in [3.05, 3.63) is 0 Å².